The summed E-state index contributed by atoms with van der Waals surface area (Å²) < 4.78 is 13.6. The van der Waals surface area contributed by atoms with Crippen LogP contribution < -0.4 is 0 Å². The van der Waals surface area contributed by atoms with Gasteiger partial charge in [0.1, 0.15) is 6.61 Å². The Labute approximate surface area is 47.0 Å². The lowest BCUT2D eigenvalue weighted by Gasteiger charge is -1.98. The van der Waals surface area contributed by atoms with Crippen molar-refractivity contribution in [3.8, 4) is 0 Å². The van der Waals surface area contributed by atoms with E-state index in [-0.39, 0.29) is 0 Å². The molecule has 0 atom stereocenters. The van der Waals surface area contributed by atoms with Crippen molar-refractivity contribution in [1.29, 1.82) is 0 Å². The fraction of sp³-hybridized carbons (Fsp3) is 0. The Bertz CT molecular complexity index is 114. The van der Waals surface area contributed by atoms with Gasteiger partial charge in [0.2, 0.25) is 0 Å². The first-order chi connectivity index (χ1) is 3.56. The highest BCUT2D eigenvalue weighted by Gasteiger charge is 2.11. The van der Waals surface area contributed by atoms with Gasteiger partial charge in [0, 0.05) is 0 Å². The Hall–Kier alpha value is -0.150. The monoisotopic (exact) mass is 137 g/mol. The van der Waals surface area contributed by atoms with Gasteiger partial charge in [-0.15, -0.1) is 6.58 Å². The van der Waals surface area contributed by atoms with Crippen molar-refractivity contribution >= 4 is 7.82 Å². The Balaban J connectivity index is 3.40. The van der Waals surface area contributed by atoms with Crippen LogP contribution in [-0.2, 0) is 9.09 Å². The van der Waals surface area contributed by atoms with E-state index in [1.165, 1.54) is 0 Å². The van der Waals surface area contributed by atoms with Gasteiger partial charge in [0.15, 0.2) is 0 Å². The molecule has 0 spiro atoms. The second-order valence-electron chi connectivity index (χ2n) is 0.968. The number of phosphoric ester groups is 1. The fourth-order valence-corrected chi connectivity index (χ4v) is 0.367. The predicted octanol–water partition coefficient (Wildman–Crippen LogP) is 0.443. The molecule has 0 saturated heterocycles. The molecular weight excluding hydrogens is 131 g/mol. The van der Waals surface area contributed by atoms with Crippen molar-refractivity contribution < 1.29 is 18.9 Å². The summed E-state index contributed by atoms with van der Waals surface area (Å²) >= 11 is 0. The van der Waals surface area contributed by atoms with Crippen LogP contribution in [0.15, 0.2) is 12.7 Å². The van der Waals surface area contributed by atoms with Gasteiger partial charge in [-0.1, -0.05) is 6.08 Å². The van der Waals surface area contributed by atoms with Gasteiger partial charge >= 0.3 is 7.82 Å². The molecule has 0 aliphatic heterocycles. The smallest absolute Gasteiger partial charge is 0.303 e. The highest BCUT2D eigenvalue weighted by atomic mass is 31.2. The van der Waals surface area contributed by atoms with Crippen LogP contribution in [-0.4, -0.2) is 9.79 Å². The van der Waals surface area contributed by atoms with Gasteiger partial charge in [0.05, 0.1) is 0 Å². The molecule has 0 aromatic rings. The molecule has 0 heterocycles. The molecule has 0 aromatic carbocycles. The summed E-state index contributed by atoms with van der Waals surface area (Å²) in [5, 5.41) is 0. The van der Waals surface area contributed by atoms with E-state index in [4.69, 9.17) is 9.79 Å². The molecular formula is C3H6O4P. The Morgan fingerprint density at radius 2 is 2.12 bits per heavy atom. The molecule has 1 radical (unpaired) electrons. The van der Waals surface area contributed by atoms with Gasteiger partial charge in [-0.25, -0.2) is 4.57 Å². The summed E-state index contributed by atoms with van der Waals surface area (Å²) in [4.78, 5) is 15.9. The summed E-state index contributed by atoms with van der Waals surface area (Å²) in [6.45, 7) is 3.97. The van der Waals surface area contributed by atoms with E-state index in [1.807, 2.05) is 0 Å². The highest BCUT2D eigenvalue weighted by Crippen LogP contribution is 2.36. The molecule has 0 unspecified atom stereocenters. The maximum absolute atomic E-state index is 9.78. The van der Waals surface area contributed by atoms with Gasteiger partial charge in [-0.3, -0.25) is 4.52 Å². The molecule has 0 aromatic heterocycles. The normalized spacial score (nSPS) is 11.2. The lowest BCUT2D eigenvalue weighted by Crippen LogP contribution is -1.80. The van der Waals surface area contributed by atoms with Crippen molar-refractivity contribution in [2.75, 3.05) is 0 Å². The molecule has 0 fully saturated rings. The van der Waals surface area contributed by atoms with E-state index in [0.29, 0.717) is 0 Å². The topological polar surface area (TPSA) is 66.8 Å². The van der Waals surface area contributed by atoms with Crippen molar-refractivity contribution in [2.24, 2.45) is 0 Å². The second kappa shape index (κ2) is 2.99. The van der Waals surface area contributed by atoms with E-state index in [0.717, 1.165) is 12.7 Å². The van der Waals surface area contributed by atoms with Crippen LogP contribution in [0, 0.1) is 6.61 Å². The van der Waals surface area contributed by atoms with Gasteiger partial charge < -0.3 is 9.79 Å². The first-order valence-electron chi connectivity index (χ1n) is 1.74. The van der Waals surface area contributed by atoms with Gasteiger partial charge in [0.25, 0.3) is 0 Å². The number of hydrogen-bond acceptors (Lipinski definition) is 2. The molecule has 0 amide bonds. The average molecular weight is 137 g/mol. The fourth-order valence-electron chi connectivity index (χ4n) is 0.122. The first kappa shape index (κ1) is 7.85. The number of rotatable bonds is 3. The third-order valence-electron chi connectivity index (χ3n) is 0.294. The number of phosphoric acid groups is 1. The molecule has 47 valence electrons. The third-order valence-corrected chi connectivity index (χ3v) is 0.691. The summed E-state index contributed by atoms with van der Waals surface area (Å²) in [6.07, 6.45) is 1.14. The molecule has 0 aliphatic carbocycles. The minimum absolute atomic E-state index is 0.834. The summed E-state index contributed by atoms with van der Waals surface area (Å²) in [6, 6.07) is 0. The lowest BCUT2D eigenvalue weighted by atomic mass is 10.7. The summed E-state index contributed by atoms with van der Waals surface area (Å²) in [5.74, 6) is 0. The van der Waals surface area contributed by atoms with Crippen molar-refractivity contribution in [3.05, 3.63) is 19.3 Å². The van der Waals surface area contributed by atoms with Crippen LogP contribution in [0.3, 0.4) is 0 Å². The number of hydrogen-bond donors (Lipinski definition) is 2. The van der Waals surface area contributed by atoms with E-state index in [9.17, 15) is 4.57 Å². The van der Waals surface area contributed by atoms with E-state index >= 15 is 0 Å². The highest BCUT2D eigenvalue weighted by molar-refractivity contribution is 7.46. The Morgan fingerprint density at radius 1 is 1.62 bits per heavy atom. The summed E-state index contributed by atoms with van der Waals surface area (Å²) in [5.41, 5.74) is 0. The maximum atomic E-state index is 9.78. The van der Waals surface area contributed by atoms with Crippen LogP contribution in [0.2, 0.25) is 0 Å². The van der Waals surface area contributed by atoms with E-state index < -0.39 is 7.82 Å². The van der Waals surface area contributed by atoms with E-state index in [2.05, 4.69) is 11.1 Å². The molecule has 0 rings (SSSR count). The maximum Gasteiger partial charge on any atom is 0.470 e. The quantitative estimate of drug-likeness (QED) is 0.554. The Kier molecular flexibility index (Phi) is 2.94. The zero-order valence-electron chi connectivity index (χ0n) is 4.02. The third kappa shape index (κ3) is 5.85. The standard InChI is InChI=1S/C3H6O4P/c1-2-3-7-8(4,5)6/h2-3H,1H2,(H2,4,5,6). The Morgan fingerprint density at radius 3 is 2.25 bits per heavy atom. The van der Waals surface area contributed by atoms with Crippen molar-refractivity contribution in [2.45, 2.75) is 0 Å². The molecule has 0 bridgehead atoms. The van der Waals surface area contributed by atoms with Gasteiger partial charge in [-0.2, -0.15) is 0 Å². The molecule has 2 N–H and O–H groups in total. The van der Waals surface area contributed by atoms with Crippen LogP contribution >= 0.6 is 7.82 Å². The zero-order valence-corrected chi connectivity index (χ0v) is 4.91. The zero-order chi connectivity index (χ0) is 6.62. The molecule has 8 heavy (non-hydrogen) atoms. The second-order valence-corrected chi connectivity index (χ2v) is 2.16. The molecule has 5 heteroatoms. The molecule has 0 aliphatic rings. The van der Waals surface area contributed by atoms with Crippen molar-refractivity contribution in [1.82, 2.24) is 0 Å². The first-order valence-corrected chi connectivity index (χ1v) is 3.27. The molecule has 0 saturated carbocycles. The van der Waals surface area contributed by atoms with Crippen LogP contribution in [0.1, 0.15) is 0 Å². The minimum atomic E-state index is -4.31. The van der Waals surface area contributed by atoms with Crippen LogP contribution in [0.4, 0.5) is 0 Å². The largest absolute Gasteiger partial charge is 0.470 e. The molecule has 4 nitrogen and oxygen atoms in total. The average Bonchev–Trinajstić information content (AvgIpc) is 1.59. The SMILES string of the molecule is C=C[CH]OP(=O)(O)O. The lowest BCUT2D eigenvalue weighted by molar-refractivity contribution is 0.243. The predicted molar refractivity (Wildman–Crippen MR) is 27.6 cm³/mol. The van der Waals surface area contributed by atoms with Gasteiger partial charge in [-0.05, 0) is 0 Å². The van der Waals surface area contributed by atoms with Crippen LogP contribution in [0.25, 0.3) is 0 Å². The van der Waals surface area contributed by atoms with E-state index in [1.54, 1.807) is 0 Å². The van der Waals surface area contributed by atoms with Crippen LogP contribution in [0.5, 0.6) is 0 Å². The minimum Gasteiger partial charge on any atom is -0.303 e. The summed E-state index contributed by atoms with van der Waals surface area (Å²) in [7, 11) is -4.31. The van der Waals surface area contributed by atoms with Crippen molar-refractivity contribution in [3.63, 3.8) is 0 Å².